The molecule has 5 nitrogen and oxygen atoms in total. The molecule has 0 bridgehead atoms. The molecule has 0 saturated carbocycles. The number of esters is 1. The number of hydrogen-bond acceptors (Lipinski definition) is 5. The van der Waals surface area contributed by atoms with Crippen molar-refractivity contribution in [3.8, 4) is 5.75 Å². The van der Waals surface area contributed by atoms with Crippen molar-refractivity contribution in [3.63, 3.8) is 0 Å². The van der Waals surface area contributed by atoms with Gasteiger partial charge >= 0.3 is 5.97 Å². The highest BCUT2D eigenvalue weighted by atomic mass is 32.1. The van der Waals surface area contributed by atoms with Gasteiger partial charge in [0.25, 0.3) is 0 Å². The molecule has 0 aliphatic rings. The molecule has 146 valence electrons. The van der Waals surface area contributed by atoms with Crippen molar-refractivity contribution in [2.24, 2.45) is 0 Å². The van der Waals surface area contributed by atoms with E-state index < -0.39 is 11.8 Å². The molecular formula is C21H20FNO4S. The maximum Gasteiger partial charge on any atom is 0.344 e. The number of rotatable bonds is 8. The Morgan fingerprint density at radius 3 is 2.54 bits per heavy atom. The molecule has 0 atom stereocenters. The number of ketones is 1. The van der Waals surface area contributed by atoms with E-state index in [1.165, 1.54) is 29.1 Å². The topological polar surface area (TPSA) is 57.5 Å². The van der Waals surface area contributed by atoms with E-state index >= 15 is 0 Å². The van der Waals surface area contributed by atoms with Crippen LogP contribution in [0.1, 0.15) is 26.6 Å². The highest BCUT2D eigenvalue weighted by molar-refractivity contribution is 7.09. The summed E-state index contributed by atoms with van der Waals surface area (Å²) in [6.07, 6.45) is 0. The molecule has 0 aliphatic heterocycles. The lowest BCUT2D eigenvalue weighted by atomic mass is 10.1. The number of carbonyl (C=O) groups is 2. The lowest BCUT2D eigenvalue weighted by Gasteiger charge is -2.09. The van der Waals surface area contributed by atoms with Gasteiger partial charge in [0.1, 0.15) is 11.6 Å². The summed E-state index contributed by atoms with van der Waals surface area (Å²) in [5, 5.41) is 2.02. The number of nitrogens with zero attached hydrogens (tertiary/aromatic N) is 1. The SMILES string of the molecule is Cc1cc(C(=O)COC(=O)COc2ccc(F)cc2)c(C)n1Cc1cccs1. The normalized spacial score (nSPS) is 10.7. The standard InChI is InChI=1S/C21H20FNO4S/c1-14-10-19(15(2)23(14)11-18-4-3-9-28-18)20(24)12-27-21(25)13-26-17-7-5-16(22)6-8-17/h3-10H,11-13H2,1-2H3. The minimum absolute atomic E-state index is 0.263. The number of aryl methyl sites for hydroxylation is 1. The molecule has 0 aliphatic carbocycles. The van der Waals surface area contributed by atoms with Crippen molar-refractivity contribution in [1.29, 1.82) is 0 Å². The van der Waals surface area contributed by atoms with Gasteiger partial charge in [-0.15, -0.1) is 11.3 Å². The third kappa shape index (κ3) is 4.86. The number of Topliss-reactive ketones (excluding diaryl/α,β-unsaturated/α-hetero) is 1. The molecule has 0 amide bonds. The molecule has 0 fully saturated rings. The first-order valence-electron chi connectivity index (χ1n) is 8.70. The van der Waals surface area contributed by atoms with Gasteiger partial charge in [-0.05, 0) is 55.6 Å². The average Bonchev–Trinajstić information content (AvgIpc) is 3.29. The largest absolute Gasteiger partial charge is 0.482 e. The predicted octanol–water partition coefficient (Wildman–Crippen LogP) is 4.16. The maximum atomic E-state index is 12.8. The number of hydrogen-bond donors (Lipinski definition) is 0. The summed E-state index contributed by atoms with van der Waals surface area (Å²) in [5.74, 6) is -0.968. The lowest BCUT2D eigenvalue weighted by Crippen LogP contribution is -2.20. The lowest BCUT2D eigenvalue weighted by molar-refractivity contribution is -0.144. The van der Waals surface area contributed by atoms with E-state index in [2.05, 4.69) is 4.57 Å². The molecule has 0 spiro atoms. The van der Waals surface area contributed by atoms with Gasteiger partial charge in [-0.1, -0.05) is 6.07 Å². The Morgan fingerprint density at radius 2 is 1.86 bits per heavy atom. The third-order valence-corrected chi connectivity index (χ3v) is 5.16. The molecule has 3 aromatic rings. The molecule has 7 heteroatoms. The van der Waals surface area contributed by atoms with Crippen LogP contribution in [0.5, 0.6) is 5.75 Å². The quantitative estimate of drug-likeness (QED) is 0.420. The smallest absolute Gasteiger partial charge is 0.344 e. The van der Waals surface area contributed by atoms with E-state index in [-0.39, 0.29) is 19.0 Å². The Balaban J connectivity index is 1.54. The van der Waals surface area contributed by atoms with Gasteiger partial charge in [-0.25, -0.2) is 9.18 Å². The minimum Gasteiger partial charge on any atom is -0.482 e. The Labute approximate surface area is 166 Å². The van der Waals surface area contributed by atoms with E-state index in [0.29, 0.717) is 17.9 Å². The second kappa shape index (κ2) is 8.84. The van der Waals surface area contributed by atoms with E-state index in [1.807, 2.05) is 37.4 Å². The summed E-state index contributed by atoms with van der Waals surface area (Å²) in [6.45, 7) is 3.83. The van der Waals surface area contributed by atoms with Crippen LogP contribution in [0, 0.1) is 19.7 Å². The number of thiophene rings is 1. The van der Waals surface area contributed by atoms with Gasteiger partial charge in [0, 0.05) is 21.8 Å². The number of carbonyl (C=O) groups excluding carboxylic acids is 2. The molecule has 3 rings (SSSR count). The molecule has 2 heterocycles. The van der Waals surface area contributed by atoms with E-state index in [0.717, 1.165) is 11.4 Å². The number of ether oxygens (including phenoxy) is 2. The first kappa shape index (κ1) is 19.8. The van der Waals surface area contributed by atoms with Gasteiger partial charge in [-0.2, -0.15) is 0 Å². The fourth-order valence-corrected chi connectivity index (χ4v) is 3.52. The van der Waals surface area contributed by atoms with Crippen molar-refractivity contribution in [2.75, 3.05) is 13.2 Å². The fourth-order valence-electron chi connectivity index (χ4n) is 2.82. The number of benzene rings is 1. The van der Waals surface area contributed by atoms with Crippen molar-refractivity contribution >= 4 is 23.1 Å². The van der Waals surface area contributed by atoms with Crippen LogP contribution >= 0.6 is 11.3 Å². The van der Waals surface area contributed by atoms with Crippen LogP contribution in [-0.4, -0.2) is 29.5 Å². The second-order valence-corrected chi connectivity index (χ2v) is 7.31. The highest BCUT2D eigenvalue weighted by Crippen LogP contribution is 2.20. The molecule has 0 saturated heterocycles. The van der Waals surface area contributed by atoms with Gasteiger partial charge in [0.05, 0.1) is 6.54 Å². The highest BCUT2D eigenvalue weighted by Gasteiger charge is 2.18. The van der Waals surface area contributed by atoms with Crippen LogP contribution in [0.15, 0.2) is 47.8 Å². The fraction of sp³-hybridized carbons (Fsp3) is 0.238. The van der Waals surface area contributed by atoms with Crippen LogP contribution in [0.3, 0.4) is 0 Å². The Morgan fingerprint density at radius 1 is 1.11 bits per heavy atom. The van der Waals surface area contributed by atoms with Gasteiger partial charge in [0.2, 0.25) is 5.78 Å². The van der Waals surface area contributed by atoms with Crippen molar-refractivity contribution in [2.45, 2.75) is 20.4 Å². The number of aromatic nitrogens is 1. The Kier molecular flexibility index (Phi) is 6.26. The third-order valence-electron chi connectivity index (χ3n) is 4.30. The van der Waals surface area contributed by atoms with Gasteiger partial charge in [0.15, 0.2) is 13.2 Å². The molecule has 0 unspecified atom stereocenters. The van der Waals surface area contributed by atoms with Crippen LogP contribution < -0.4 is 4.74 Å². The molecular weight excluding hydrogens is 381 g/mol. The summed E-state index contributed by atoms with van der Waals surface area (Å²) in [4.78, 5) is 25.5. The van der Waals surface area contributed by atoms with Crippen LogP contribution in [0.4, 0.5) is 4.39 Å². The monoisotopic (exact) mass is 401 g/mol. The summed E-state index contributed by atoms with van der Waals surface area (Å²) >= 11 is 1.66. The molecule has 28 heavy (non-hydrogen) atoms. The van der Waals surface area contributed by atoms with Crippen LogP contribution in [0.25, 0.3) is 0 Å². The van der Waals surface area contributed by atoms with Crippen LogP contribution in [-0.2, 0) is 16.1 Å². The number of halogens is 1. The average molecular weight is 401 g/mol. The summed E-state index contributed by atoms with van der Waals surface area (Å²) < 4.78 is 25.1. The Hall–Kier alpha value is -2.93. The second-order valence-electron chi connectivity index (χ2n) is 6.28. The van der Waals surface area contributed by atoms with Gasteiger partial charge in [-0.3, -0.25) is 4.79 Å². The van der Waals surface area contributed by atoms with Crippen molar-refractivity contribution < 1.29 is 23.5 Å². The molecule has 0 N–H and O–H groups in total. The molecule has 1 aromatic carbocycles. The minimum atomic E-state index is -0.662. The molecule has 0 radical (unpaired) electrons. The van der Waals surface area contributed by atoms with E-state index in [4.69, 9.17) is 9.47 Å². The summed E-state index contributed by atoms with van der Waals surface area (Å²) in [5.41, 5.74) is 2.36. The summed E-state index contributed by atoms with van der Waals surface area (Å²) in [6, 6.07) is 11.1. The zero-order valence-corrected chi connectivity index (χ0v) is 16.4. The first-order valence-corrected chi connectivity index (χ1v) is 9.58. The van der Waals surface area contributed by atoms with Gasteiger partial charge < -0.3 is 14.0 Å². The first-order chi connectivity index (χ1) is 13.4. The summed E-state index contributed by atoms with van der Waals surface area (Å²) in [7, 11) is 0. The van der Waals surface area contributed by atoms with Crippen molar-refractivity contribution in [1.82, 2.24) is 4.57 Å². The predicted molar refractivity (Wildman–Crippen MR) is 105 cm³/mol. The van der Waals surface area contributed by atoms with E-state index in [9.17, 15) is 14.0 Å². The molecule has 2 aromatic heterocycles. The zero-order chi connectivity index (χ0) is 20.1. The maximum absolute atomic E-state index is 12.8. The zero-order valence-electron chi connectivity index (χ0n) is 15.6. The van der Waals surface area contributed by atoms with Crippen molar-refractivity contribution in [3.05, 3.63) is 75.5 Å². The Bertz CT molecular complexity index is 961. The van der Waals surface area contributed by atoms with Crippen LogP contribution in [0.2, 0.25) is 0 Å². The van der Waals surface area contributed by atoms with E-state index in [1.54, 1.807) is 11.3 Å².